The predicted molar refractivity (Wildman–Crippen MR) is 102 cm³/mol. The molecule has 1 N–H and O–H groups in total. The van der Waals surface area contributed by atoms with Crippen LogP contribution in [0.5, 0.6) is 0 Å². The van der Waals surface area contributed by atoms with Crippen molar-refractivity contribution in [1.82, 2.24) is 4.90 Å². The van der Waals surface area contributed by atoms with Crippen LogP contribution in [-0.2, 0) is 23.7 Å². The second-order valence-corrected chi connectivity index (χ2v) is 9.76. The van der Waals surface area contributed by atoms with Gasteiger partial charge in [0.15, 0.2) is 17.7 Å². The highest BCUT2D eigenvalue weighted by atomic mass is 16.7. The number of cyclic esters (lactones) is 1. The van der Waals surface area contributed by atoms with Crippen LogP contribution in [0.15, 0.2) is 11.3 Å². The molecule has 7 heteroatoms. The van der Waals surface area contributed by atoms with E-state index in [1.807, 2.05) is 0 Å². The van der Waals surface area contributed by atoms with Crippen LogP contribution < -0.4 is 0 Å². The summed E-state index contributed by atoms with van der Waals surface area (Å²) in [7, 11) is 1.53. The lowest BCUT2D eigenvalue weighted by Crippen LogP contribution is -2.61. The molecule has 10 atom stereocenters. The van der Waals surface area contributed by atoms with Gasteiger partial charge in [0, 0.05) is 17.9 Å². The van der Waals surface area contributed by atoms with Gasteiger partial charge in [-0.25, -0.2) is 4.79 Å². The molecular formula is C22H31NO6. The van der Waals surface area contributed by atoms with Crippen LogP contribution in [0.2, 0.25) is 0 Å². The van der Waals surface area contributed by atoms with Gasteiger partial charge in [0.25, 0.3) is 0 Å². The number of nitrogens with zero attached hydrogens (tertiary/aromatic N) is 1. The molecule has 6 aliphatic heterocycles. The number of piperidine rings is 1. The Morgan fingerprint density at radius 3 is 2.90 bits per heavy atom. The Bertz CT molecular complexity index is 783. The van der Waals surface area contributed by atoms with Gasteiger partial charge >= 0.3 is 5.97 Å². The number of carbonyl (C=O) groups excluding carboxylic acids is 1. The maximum Gasteiger partial charge on any atom is 0.340 e. The van der Waals surface area contributed by atoms with E-state index < -0.39 is 17.9 Å². The van der Waals surface area contributed by atoms with E-state index >= 15 is 0 Å². The quantitative estimate of drug-likeness (QED) is 0.673. The number of aliphatic hydroxyl groups is 1. The molecule has 7 nitrogen and oxygen atoms in total. The van der Waals surface area contributed by atoms with Crippen LogP contribution in [0.3, 0.4) is 0 Å². The molecule has 6 aliphatic rings. The first-order valence-electron chi connectivity index (χ1n) is 11.2. The van der Waals surface area contributed by atoms with Gasteiger partial charge in [-0.3, -0.25) is 4.90 Å². The smallest absolute Gasteiger partial charge is 0.340 e. The number of fused-ring (bicyclic) bond motifs is 1. The summed E-state index contributed by atoms with van der Waals surface area (Å²) in [5.74, 6) is 0.183. The number of unbranched alkanes of at least 4 members (excludes halogenated alkanes) is 1. The summed E-state index contributed by atoms with van der Waals surface area (Å²) in [6, 6.07) is 0.480. The van der Waals surface area contributed by atoms with Crippen LogP contribution in [0.4, 0.5) is 0 Å². The van der Waals surface area contributed by atoms with E-state index in [0.29, 0.717) is 17.7 Å². The van der Waals surface area contributed by atoms with Gasteiger partial charge in [-0.1, -0.05) is 26.7 Å². The SMILES string of the molecule is CCCC[C@@]12[C@@H]3C[C@H]4[C@H]5[C@H](C)C(C6OC(=O)C(CO)=C6OC)O[C@]5(O3)[C@@H]1CCN42. The standard InChI is InChI=1S/C22H31NO6/c1-4-5-7-21-14-6-8-23(21)13-9-15(21)28-22(14)16(13)11(2)17(29-22)19-18(26-3)12(10-24)20(25)27-19/h11,13-17,19,24H,4-10H2,1-3H3/t11-,13-,14+,15-,16+,17?,19?,21-,22+/m0/s1. The summed E-state index contributed by atoms with van der Waals surface area (Å²) in [5, 5.41) is 9.61. The average Bonchev–Trinajstić information content (AvgIpc) is 3.42. The first-order valence-corrected chi connectivity index (χ1v) is 11.2. The molecule has 1 spiro atoms. The zero-order valence-corrected chi connectivity index (χ0v) is 17.4. The Morgan fingerprint density at radius 1 is 1.34 bits per heavy atom. The molecule has 160 valence electrons. The van der Waals surface area contributed by atoms with Crippen molar-refractivity contribution in [3.8, 4) is 0 Å². The summed E-state index contributed by atoms with van der Waals surface area (Å²) in [6.45, 7) is 5.22. The van der Waals surface area contributed by atoms with E-state index in [2.05, 4.69) is 18.7 Å². The third-order valence-electron chi connectivity index (χ3n) is 8.95. The summed E-state index contributed by atoms with van der Waals surface area (Å²) in [6.07, 6.45) is 5.14. The highest BCUT2D eigenvalue weighted by molar-refractivity contribution is 5.92. The second kappa shape index (κ2) is 5.96. The minimum atomic E-state index is -0.607. The Kier molecular flexibility index (Phi) is 3.83. The monoisotopic (exact) mass is 405 g/mol. The van der Waals surface area contributed by atoms with E-state index in [1.54, 1.807) is 0 Å². The molecule has 6 rings (SSSR count). The second-order valence-electron chi connectivity index (χ2n) is 9.76. The maximum absolute atomic E-state index is 12.3. The fourth-order valence-electron chi connectivity index (χ4n) is 8.10. The molecule has 0 aromatic carbocycles. The number of aliphatic hydroxyl groups excluding tert-OH is 1. The van der Waals surface area contributed by atoms with Gasteiger partial charge in [-0.2, -0.15) is 0 Å². The molecule has 0 radical (unpaired) electrons. The molecule has 6 heterocycles. The third-order valence-corrected chi connectivity index (χ3v) is 8.95. The van der Waals surface area contributed by atoms with Crippen LogP contribution in [0, 0.1) is 17.8 Å². The molecule has 5 saturated heterocycles. The fourth-order valence-corrected chi connectivity index (χ4v) is 8.10. The van der Waals surface area contributed by atoms with Gasteiger partial charge in [0.2, 0.25) is 0 Å². The summed E-state index contributed by atoms with van der Waals surface area (Å²) in [4.78, 5) is 15.0. The van der Waals surface area contributed by atoms with Gasteiger partial charge in [0.05, 0.1) is 25.4 Å². The number of rotatable bonds is 6. The Balaban J connectivity index is 1.38. The minimum absolute atomic E-state index is 0.133. The van der Waals surface area contributed by atoms with Crippen LogP contribution in [-0.4, -0.2) is 71.9 Å². The fraction of sp³-hybridized carbons (Fsp3) is 0.864. The van der Waals surface area contributed by atoms with Crippen molar-refractivity contribution in [1.29, 1.82) is 0 Å². The molecule has 29 heavy (non-hydrogen) atoms. The van der Waals surface area contributed by atoms with E-state index in [-0.39, 0.29) is 41.8 Å². The summed E-state index contributed by atoms with van der Waals surface area (Å²) >= 11 is 0. The molecule has 3 unspecified atom stereocenters. The Morgan fingerprint density at radius 2 is 2.17 bits per heavy atom. The van der Waals surface area contributed by atoms with Crippen molar-refractivity contribution in [2.24, 2.45) is 17.8 Å². The lowest BCUT2D eigenvalue weighted by atomic mass is 9.69. The molecule has 0 aliphatic carbocycles. The topological polar surface area (TPSA) is 77.5 Å². The Hall–Kier alpha value is -1.15. The first kappa shape index (κ1) is 18.6. The predicted octanol–water partition coefficient (Wildman–Crippen LogP) is 1.59. The third kappa shape index (κ3) is 1.92. The summed E-state index contributed by atoms with van der Waals surface area (Å²) < 4.78 is 24.8. The highest BCUT2D eigenvalue weighted by Crippen LogP contribution is 2.72. The number of ether oxygens (including phenoxy) is 4. The number of hydrogen-bond acceptors (Lipinski definition) is 7. The normalized spacial score (nSPS) is 53.9. The number of carbonyl (C=O) groups is 1. The van der Waals surface area contributed by atoms with Gasteiger partial charge in [-0.05, 0) is 31.7 Å². The van der Waals surface area contributed by atoms with Crippen LogP contribution in [0.25, 0.3) is 0 Å². The van der Waals surface area contributed by atoms with Crippen molar-refractivity contribution >= 4 is 5.97 Å². The molecule has 0 aromatic heterocycles. The van der Waals surface area contributed by atoms with Gasteiger partial charge in [-0.15, -0.1) is 0 Å². The van der Waals surface area contributed by atoms with E-state index in [0.717, 1.165) is 19.4 Å². The molecule has 5 fully saturated rings. The molecule has 5 bridgehead atoms. The molecule has 0 aromatic rings. The lowest BCUT2D eigenvalue weighted by molar-refractivity contribution is -0.280. The Labute approximate surface area is 171 Å². The minimum Gasteiger partial charge on any atom is -0.496 e. The maximum atomic E-state index is 12.3. The van der Waals surface area contributed by atoms with Crippen molar-refractivity contribution in [2.75, 3.05) is 20.3 Å². The summed E-state index contributed by atoms with van der Waals surface area (Å²) in [5.41, 5.74) is 0.341. The number of hydrogen-bond donors (Lipinski definition) is 1. The number of methoxy groups -OCH3 is 1. The van der Waals surface area contributed by atoms with Crippen molar-refractivity contribution in [3.63, 3.8) is 0 Å². The van der Waals surface area contributed by atoms with E-state index in [1.165, 1.54) is 26.4 Å². The first-order chi connectivity index (χ1) is 14.0. The zero-order valence-electron chi connectivity index (χ0n) is 17.4. The average molecular weight is 405 g/mol. The van der Waals surface area contributed by atoms with Crippen LogP contribution in [0.1, 0.15) is 46.0 Å². The number of esters is 1. The molecule has 0 amide bonds. The van der Waals surface area contributed by atoms with Gasteiger partial charge < -0.3 is 24.1 Å². The van der Waals surface area contributed by atoms with Crippen molar-refractivity contribution in [3.05, 3.63) is 11.3 Å². The van der Waals surface area contributed by atoms with E-state index in [4.69, 9.17) is 18.9 Å². The lowest BCUT2D eigenvalue weighted by Gasteiger charge is -2.49. The zero-order chi connectivity index (χ0) is 20.1. The van der Waals surface area contributed by atoms with E-state index in [9.17, 15) is 9.90 Å². The molecule has 0 saturated carbocycles. The largest absolute Gasteiger partial charge is 0.496 e. The van der Waals surface area contributed by atoms with Crippen LogP contribution >= 0.6 is 0 Å². The molecular weight excluding hydrogens is 374 g/mol. The van der Waals surface area contributed by atoms with Crippen molar-refractivity contribution < 1.29 is 28.8 Å². The van der Waals surface area contributed by atoms with Crippen molar-refractivity contribution in [2.45, 2.75) is 81.6 Å². The highest BCUT2D eigenvalue weighted by Gasteiger charge is 2.83. The van der Waals surface area contributed by atoms with Gasteiger partial charge in [0.1, 0.15) is 11.7 Å².